The third kappa shape index (κ3) is 3.15. The molecular formula is C25H26N2O5. The lowest BCUT2D eigenvalue weighted by molar-refractivity contribution is -0.360. The fraction of sp³-hybridized carbons (Fsp3) is 0.400. The highest BCUT2D eigenvalue weighted by molar-refractivity contribution is 6.09. The quantitative estimate of drug-likeness (QED) is 0.586. The highest BCUT2D eigenvalue weighted by atomic mass is 16.9. The number of ether oxygens (including phenoxy) is 3. The maximum atomic E-state index is 12.4. The fourth-order valence-corrected chi connectivity index (χ4v) is 5.12. The van der Waals surface area contributed by atoms with Gasteiger partial charge in [0, 0.05) is 22.0 Å². The molecular weight excluding hydrogens is 408 g/mol. The van der Waals surface area contributed by atoms with Crippen molar-refractivity contribution in [1.82, 2.24) is 10.6 Å². The Morgan fingerprint density at radius 2 is 1.84 bits per heavy atom. The molecule has 2 aliphatic heterocycles. The molecule has 7 nitrogen and oxygen atoms in total. The van der Waals surface area contributed by atoms with Gasteiger partial charge in [0.25, 0.3) is 0 Å². The standard InChI is InChI=1S/C25H26N2O5/c1-13-20(24-29-14(2)30-24)22(27-25(28)26-13)17-11-12-19(31-15-7-3-4-8-15)23-21(17)16-9-5-6-10-18(16)32-23/h5-6,9-12,14-15,22,24H,3-4,7-8H2,1-2H3,(H2,26,27,28). The van der Waals surface area contributed by atoms with Gasteiger partial charge in [0.15, 0.2) is 23.9 Å². The van der Waals surface area contributed by atoms with Crippen LogP contribution in [-0.2, 0) is 9.47 Å². The molecule has 3 heterocycles. The number of hydrogen-bond donors (Lipinski definition) is 2. The van der Waals surface area contributed by atoms with Crippen LogP contribution in [0.4, 0.5) is 4.79 Å². The van der Waals surface area contributed by atoms with Crippen LogP contribution in [-0.4, -0.2) is 24.7 Å². The average molecular weight is 434 g/mol. The first-order valence-corrected chi connectivity index (χ1v) is 11.3. The first kappa shape index (κ1) is 19.6. The van der Waals surface area contributed by atoms with Crippen LogP contribution in [0.3, 0.4) is 0 Å². The minimum Gasteiger partial charge on any atom is -0.486 e. The summed E-state index contributed by atoms with van der Waals surface area (Å²) < 4.78 is 24.3. The van der Waals surface area contributed by atoms with Gasteiger partial charge < -0.3 is 29.3 Å². The number of para-hydroxylation sites is 1. The van der Waals surface area contributed by atoms with E-state index in [4.69, 9.17) is 18.6 Å². The lowest BCUT2D eigenvalue weighted by Gasteiger charge is -2.41. The second-order valence-electron chi connectivity index (χ2n) is 8.76. The van der Waals surface area contributed by atoms with E-state index in [1.54, 1.807) is 0 Å². The first-order valence-electron chi connectivity index (χ1n) is 11.3. The monoisotopic (exact) mass is 434 g/mol. The predicted octanol–water partition coefficient (Wildman–Crippen LogP) is 5.25. The molecule has 0 spiro atoms. The van der Waals surface area contributed by atoms with Crippen molar-refractivity contribution in [1.29, 1.82) is 0 Å². The van der Waals surface area contributed by atoms with Crippen molar-refractivity contribution in [2.45, 2.75) is 64.3 Å². The molecule has 1 unspecified atom stereocenters. The Balaban J connectivity index is 1.52. The number of benzene rings is 2. The van der Waals surface area contributed by atoms with Gasteiger partial charge in [-0.3, -0.25) is 0 Å². The van der Waals surface area contributed by atoms with Gasteiger partial charge in [-0.05, 0) is 57.2 Å². The first-order chi connectivity index (χ1) is 15.6. The molecule has 2 fully saturated rings. The van der Waals surface area contributed by atoms with E-state index in [1.807, 2.05) is 50.2 Å². The molecule has 3 aromatic rings. The predicted molar refractivity (Wildman–Crippen MR) is 119 cm³/mol. The zero-order valence-electron chi connectivity index (χ0n) is 18.1. The zero-order valence-corrected chi connectivity index (χ0v) is 18.1. The van der Waals surface area contributed by atoms with E-state index in [0.29, 0.717) is 5.58 Å². The molecule has 32 heavy (non-hydrogen) atoms. The van der Waals surface area contributed by atoms with Gasteiger partial charge in [0.05, 0.1) is 12.1 Å². The lowest BCUT2D eigenvalue weighted by Crippen LogP contribution is -2.50. The molecule has 0 bridgehead atoms. The van der Waals surface area contributed by atoms with Crippen LogP contribution in [0.25, 0.3) is 21.9 Å². The van der Waals surface area contributed by atoms with Gasteiger partial charge in [-0.1, -0.05) is 24.3 Å². The Morgan fingerprint density at radius 1 is 1.06 bits per heavy atom. The van der Waals surface area contributed by atoms with Crippen molar-refractivity contribution in [3.8, 4) is 5.75 Å². The SMILES string of the molecule is CC1=C(C2OC(C)O2)C(c2ccc(OC3CCCC3)c3oc4ccccc4c23)NC(=O)N1. The number of nitrogens with one attached hydrogen (secondary N) is 2. The maximum absolute atomic E-state index is 12.4. The second kappa shape index (κ2) is 7.53. The highest BCUT2D eigenvalue weighted by Crippen LogP contribution is 2.44. The summed E-state index contributed by atoms with van der Waals surface area (Å²) in [6.07, 6.45) is 3.96. The summed E-state index contributed by atoms with van der Waals surface area (Å²) in [6.45, 7) is 3.73. The highest BCUT2D eigenvalue weighted by Gasteiger charge is 2.40. The van der Waals surface area contributed by atoms with Crippen LogP contribution in [0.5, 0.6) is 5.75 Å². The molecule has 1 saturated heterocycles. The molecule has 1 aliphatic carbocycles. The molecule has 166 valence electrons. The Bertz CT molecular complexity index is 1230. The number of fused-ring (bicyclic) bond motifs is 3. The number of hydrogen-bond acceptors (Lipinski definition) is 5. The van der Waals surface area contributed by atoms with Gasteiger partial charge in [-0.25, -0.2) is 4.79 Å². The van der Waals surface area contributed by atoms with Crippen LogP contribution in [0, 0.1) is 0 Å². The Kier molecular flexibility index (Phi) is 4.62. The number of carbonyl (C=O) groups excluding carboxylic acids is 1. The van der Waals surface area contributed by atoms with Gasteiger partial charge in [0.1, 0.15) is 5.58 Å². The largest absolute Gasteiger partial charge is 0.486 e. The Labute approximate surface area is 185 Å². The number of rotatable bonds is 4. The van der Waals surface area contributed by atoms with E-state index in [1.165, 1.54) is 12.8 Å². The van der Waals surface area contributed by atoms with E-state index >= 15 is 0 Å². The minimum absolute atomic E-state index is 0.215. The molecule has 1 atom stereocenters. The number of carbonyl (C=O) groups is 1. The summed E-state index contributed by atoms with van der Waals surface area (Å²) in [5, 5.41) is 7.85. The summed E-state index contributed by atoms with van der Waals surface area (Å²) in [5.41, 5.74) is 4.03. The molecule has 2 amide bonds. The van der Waals surface area contributed by atoms with Crippen molar-refractivity contribution < 1.29 is 23.4 Å². The fourth-order valence-electron chi connectivity index (χ4n) is 5.12. The molecule has 2 N–H and O–H groups in total. The van der Waals surface area contributed by atoms with Crippen molar-refractivity contribution in [3.05, 3.63) is 53.2 Å². The normalized spacial score (nSPS) is 26.3. The van der Waals surface area contributed by atoms with Gasteiger partial charge in [-0.15, -0.1) is 0 Å². The van der Waals surface area contributed by atoms with E-state index in [0.717, 1.165) is 51.8 Å². The summed E-state index contributed by atoms with van der Waals surface area (Å²) in [5.74, 6) is 0.749. The summed E-state index contributed by atoms with van der Waals surface area (Å²) in [7, 11) is 0. The maximum Gasteiger partial charge on any atom is 0.319 e. The van der Waals surface area contributed by atoms with E-state index in [9.17, 15) is 4.79 Å². The van der Waals surface area contributed by atoms with Crippen LogP contribution < -0.4 is 15.4 Å². The smallest absolute Gasteiger partial charge is 0.319 e. The third-order valence-electron chi connectivity index (χ3n) is 6.63. The molecule has 1 aromatic heterocycles. The van der Waals surface area contributed by atoms with E-state index < -0.39 is 12.3 Å². The van der Waals surface area contributed by atoms with Crippen molar-refractivity contribution >= 4 is 28.0 Å². The minimum atomic E-state index is -0.509. The van der Waals surface area contributed by atoms with Crippen molar-refractivity contribution in [3.63, 3.8) is 0 Å². The number of allylic oxidation sites excluding steroid dienone is 1. The van der Waals surface area contributed by atoms with Crippen LogP contribution in [0.1, 0.15) is 51.1 Å². The molecule has 6 rings (SSSR count). The number of amides is 2. The number of urea groups is 1. The Morgan fingerprint density at radius 3 is 2.62 bits per heavy atom. The van der Waals surface area contributed by atoms with Crippen molar-refractivity contribution in [2.75, 3.05) is 0 Å². The summed E-state index contributed by atoms with van der Waals surface area (Å²) in [4.78, 5) is 12.4. The Hall–Kier alpha value is -3.03. The molecule has 0 radical (unpaired) electrons. The van der Waals surface area contributed by atoms with Crippen LogP contribution in [0.15, 0.2) is 52.1 Å². The molecule has 2 aromatic carbocycles. The van der Waals surface area contributed by atoms with Gasteiger partial charge in [0.2, 0.25) is 0 Å². The third-order valence-corrected chi connectivity index (χ3v) is 6.63. The molecule has 7 heteroatoms. The lowest BCUT2D eigenvalue weighted by atomic mass is 9.91. The second-order valence-corrected chi connectivity index (χ2v) is 8.76. The summed E-state index contributed by atoms with van der Waals surface area (Å²) >= 11 is 0. The van der Waals surface area contributed by atoms with Crippen LogP contribution in [0.2, 0.25) is 0 Å². The van der Waals surface area contributed by atoms with Crippen LogP contribution >= 0.6 is 0 Å². The summed E-state index contributed by atoms with van der Waals surface area (Å²) in [6, 6.07) is 11.3. The number of furan rings is 1. The molecule has 1 saturated carbocycles. The van der Waals surface area contributed by atoms with E-state index in [-0.39, 0.29) is 18.4 Å². The molecule has 3 aliphatic rings. The van der Waals surface area contributed by atoms with Gasteiger partial charge in [-0.2, -0.15) is 0 Å². The zero-order chi connectivity index (χ0) is 21.8. The van der Waals surface area contributed by atoms with E-state index in [2.05, 4.69) is 10.6 Å². The van der Waals surface area contributed by atoms with Gasteiger partial charge >= 0.3 is 6.03 Å². The average Bonchev–Trinajstić information content (AvgIpc) is 3.40. The topological polar surface area (TPSA) is 82.0 Å². The van der Waals surface area contributed by atoms with Crippen molar-refractivity contribution in [2.24, 2.45) is 0 Å².